The Hall–Kier alpha value is -1.35. The van der Waals surface area contributed by atoms with Gasteiger partial charge in [0.2, 0.25) is 0 Å². The van der Waals surface area contributed by atoms with Crippen LogP contribution in [0.4, 0.5) is 0 Å². The fraction of sp³-hybridized carbons (Fsp3) is 0.417. The number of rotatable bonds is 1. The van der Waals surface area contributed by atoms with E-state index in [2.05, 4.69) is 18.1 Å². The third-order valence-electron chi connectivity index (χ3n) is 1.76. The molecule has 0 saturated carbocycles. The molecular formula is C12H21NO2. The number of aliphatic hydroxyl groups is 1. The molecule has 2 N–H and O–H groups in total. The summed E-state index contributed by atoms with van der Waals surface area (Å²) in [5, 5.41) is 18.1. The first-order valence-electron chi connectivity index (χ1n) is 4.91. The van der Waals surface area contributed by atoms with E-state index in [4.69, 9.17) is 5.11 Å². The molecule has 0 fully saturated rings. The normalized spacial score (nSPS) is 8.07. The molecule has 0 aliphatic heterocycles. The van der Waals surface area contributed by atoms with Crippen LogP contribution in [-0.4, -0.2) is 15.2 Å². The maximum Gasteiger partial charge on any atom is 0.140 e. The van der Waals surface area contributed by atoms with Crippen molar-refractivity contribution >= 4 is 0 Å². The Morgan fingerprint density at radius 2 is 1.73 bits per heavy atom. The molecule has 0 amide bonds. The number of hydrogen-bond donors (Lipinski definition) is 2. The number of aromatic hydroxyl groups is 1. The van der Waals surface area contributed by atoms with Gasteiger partial charge in [0.25, 0.3) is 0 Å². The molecule has 1 aromatic rings. The summed E-state index contributed by atoms with van der Waals surface area (Å²) in [6, 6.07) is 0. The van der Waals surface area contributed by atoms with Crippen molar-refractivity contribution in [3.05, 3.63) is 36.2 Å². The van der Waals surface area contributed by atoms with Crippen LogP contribution in [0.25, 0.3) is 0 Å². The molecule has 1 aromatic heterocycles. The van der Waals surface area contributed by atoms with Gasteiger partial charge in [-0.3, -0.25) is 4.98 Å². The van der Waals surface area contributed by atoms with Gasteiger partial charge in [-0.15, -0.1) is 13.2 Å². The van der Waals surface area contributed by atoms with Crippen LogP contribution in [0.3, 0.4) is 0 Å². The minimum Gasteiger partial charge on any atom is -0.506 e. The number of aryl methyl sites for hydroxylation is 1. The second-order valence-electron chi connectivity index (χ2n) is 2.50. The van der Waals surface area contributed by atoms with E-state index in [-0.39, 0.29) is 12.4 Å². The number of pyridine rings is 1. The first-order valence-corrected chi connectivity index (χ1v) is 4.91. The van der Waals surface area contributed by atoms with Crippen LogP contribution in [0, 0.1) is 13.8 Å². The average molecular weight is 211 g/mol. The Morgan fingerprint density at radius 3 is 2.13 bits per heavy atom. The standard InChI is InChI=1S/C8H11NO2.C2H6.C2H4/c1-5-7(4-10)3-9-6(2)8(5)11;2*1-2/h3,10-11H,4H2,1-2H3;1-2H3;1-2H2. The van der Waals surface area contributed by atoms with Gasteiger partial charge >= 0.3 is 0 Å². The van der Waals surface area contributed by atoms with Gasteiger partial charge < -0.3 is 10.2 Å². The van der Waals surface area contributed by atoms with Crippen LogP contribution in [0.1, 0.15) is 30.7 Å². The molecule has 1 heterocycles. The first kappa shape index (κ1) is 16.1. The van der Waals surface area contributed by atoms with Gasteiger partial charge in [0.05, 0.1) is 12.3 Å². The van der Waals surface area contributed by atoms with E-state index in [1.54, 1.807) is 20.0 Å². The number of aliphatic hydroxyl groups excluding tert-OH is 1. The molecule has 0 radical (unpaired) electrons. The summed E-state index contributed by atoms with van der Waals surface area (Å²) in [6.45, 7) is 13.4. The molecule has 15 heavy (non-hydrogen) atoms. The highest BCUT2D eigenvalue weighted by atomic mass is 16.3. The van der Waals surface area contributed by atoms with Gasteiger partial charge in [-0.2, -0.15) is 0 Å². The molecule has 3 nitrogen and oxygen atoms in total. The van der Waals surface area contributed by atoms with Gasteiger partial charge in [0.1, 0.15) is 5.75 Å². The van der Waals surface area contributed by atoms with Crippen LogP contribution in [0.15, 0.2) is 19.4 Å². The van der Waals surface area contributed by atoms with Gasteiger partial charge in [0.15, 0.2) is 0 Å². The predicted molar refractivity (Wildman–Crippen MR) is 63.9 cm³/mol. The second kappa shape index (κ2) is 9.21. The first-order chi connectivity index (χ1) is 7.16. The predicted octanol–water partition coefficient (Wildman–Crippen LogP) is 2.72. The fourth-order valence-electron chi connectivity index (χ4n) is 0.916. The average Bonchev–Trinajstić information content (AvgIpc) is 2.32. The van der Waals surface area contributed by atoms with E-state index in [1.165, 1.54) is 0 Å². The molecule has 3 heteroatoms. The summed E-state index contributed by atoms with van der Waals surface area (Å²) < 4.78 is 0. The highest BCUT2D eigenvalue weighted by Crippen LogP contribution is 2.21. The van der Waals surface area contributed by atoms with Crippen molar-refractivity contribution in [1.29, 1.82) is 0 Å². The van der Waals surface area contributed by atoms with Crippen molar-refractivity contribution in [2.75, 3.05) is 0 Å². The van der Waals surface area contributed by atoms with Gasteiger partial charge in [-0.25, -0.2) is 0 Å². The van der Waals surface area contributed by atoms with E-state index in [1.807, 2.05) is 13.8 Å². The van der Waals surface area contributed by atoms with Crippen LogP contribution in [0.2, 0.25) is 0 Å². The lowest BCUT2D eigenvalue weighted by Crippen LogP contribution is -1.93. The SMILES string of the molecule is C=C.CC.Cc1ncc(CO)c(C)c1O. The Kier molecular flexibility index (Phi) is 9.89. The third-order valence-corrected chi connectivity index (χ3v) is 1.76. The van der Waals surface area contributed by atoms with Crippen molar-refractivity contribution in [3.63, 3.8) is 0 Å². The maximum atomic E-state index is 9.34. The van der Waals surface area contributed by atoms with Crippen LogP contribution < -0.4 is 0 Å². The molecule has 0 aromatic carbocycles. The van der Waals surface area contributed by atoms with Gasteiger partial charge in [0, 0.05) is 11.8 Å². The summed E-state index contributed by atoms with van der Waals surface area (Å²) in [6.07, 6.45) is 1.57. The zero-order valence-electron chi connectivity index (χ0n) is 10.0. The molecule has 0 aliphatic carbocycles. The minimum atomic E-state index is -0.0767. The lowest BCUT2D eigenvalue weighted by Gasteiger charge is -2.05. The molecule has 86 valence electrons. The molecule has 0 unspecified atom stereocenters. The zero-order valence-corrected chi connectivity index (χ0v) is 10.0. The smallest absolute Gasteiger partial charge is 0.140 e. The third kappa shape index (κ3) is 4.61. The van der Waals surface area contributed by atoms with Gasteiger partial charge in [-0.05, 0) is 19.4 Å². The number of aromatic nitrogens is 1. The van der Waals surface area contributed by atoms with E-state index < -0.39 is 0 Å². The molecule has 0 aliphatic rings. The molecule has 1 rings (SSSR count). The number of nitrogens with zero attached hydrogens (tertiary/aromatic N) is 1. The Balaban J connectivity index is 0. The lowest BCUT2D eigenvalue weighted by molar-refractivity contribution is 0.279. The van der Waals surface area contributed by atoms with Gasteiger partial charge in [-0.1, -0.05) is 13.8 Å². The number of hydrogen-bond acceptors (Lipinski definition) is 3. The highest BCUT2D eigenvalue weighted by molar-refractivity contribution is 5.38. The summed E-state index contributed by atoms with van der Waals surface area (Å²) >= 11 is 0. The van der Waals surface area contributed by atoms with E-state index >= 15 is 0 Å². The Labute approximate surface area is 92.1 Å². The second-order valence-corrected chi connectivity index (χ2v) is 2.50. The summed E-state index contributed by atoms with van der Waals surface area (Å²) in [5.41, 5.74) is 1.98. The summed E-state index contributed by atoms with van der Waals surface area (Å²) in [5.74, 6) is 0.177. The van der Waals surface area contributed by atoms with Crippen molar-refractivity contribution in [2.24, 2.45) is 0 Å². The quantitative estimate of drug-likeness (QED) is 0.702. The fourth-order valence-corrected chi connectivity index (χ4v) is 0.916. The van der Waals surface area contributed by atoms with Crippen LogP contribution in [0.5, 0.6) is 5.75 Å². The maximum absolute atomic E-state index is 9.34. The summed E-state index contributed by atoms with van der Waals surface area (Å²) in [7, 11) is 0. The van der Waals surface area contributed by atoms with E-state index in [0.29, 0.717) is 16.8 Å². The summed E-state index contributed by atoms with van der Waals surface area (Å²) in [4.78, 5) is 3.90. The molecule has 0 atom stereocenters. The molecular weight excluding hydrogens is 190 g/mol. The van der Waals surface area contributed by atoms with Crippen LogP contribution in [-0.2, 0) is 6.61 Å². The van der Waals surface area contributed by atoms with E-state index in [9.17, 15) is 5.11 Å². The topological polar surface area (TPSA) is 53.4 Å². The molecule has 0 spiro atoms. The zero-order chi connectivity index (χ0) is 12.4. The monoisotopic (exact) mass is 211 g/mol. The Morgan fingerprint density at radius 1 is 1.27 bits per heavy atom. The van der Waals surface area contributed by atoms with E-state index in [0.717, 1.165) is 0 Å². The largest absolute Gasteiger partial charge is 0.506 e. The van der Waals surface area contributed by atoms with Crippen molar-refractivity contribution in [1.82, 2.24) is 4.98 Å². The molecule has 0 saturated heterocycles. The lowest BCUT2D eigenvalue weighted by atomic mass is 10.1. The van der Waals surface area contributed by atoms with Crippen molar-refractivity contribution in [3.8, 4) is 5.75 Å². The van der Waals surface area contributed by atoms with Crippen LogP contribution >= 0.6 is 0 Å². The van der Waals surface area contributed by atoms with Crippen molar-refractivity contribution < 1.29 is 10.2 Å². The molecule has 0 bridgehead atoms. The Bertz CT molecular complexity index is 285. The van der Waals surface area contributed by atoms with Crippen molar-refractivity contribution in [2.45, 2.75) is 34.3 Å². The highest BCUT2D eigenvalue weighted by Gasteiger charge is 2.05. The minimum absolute atomic E-state index is 0.0767.